The molecule has 0 aromatic rings. The van der Waals surface area contributed by atoms with Crippen molar-refractivity contribution in [1.29, 1.82) is 0 Å². The standard InChI is InChI=1S/C6H7NO2.C2H6/c8-7(9)6-4-2-1-3-5-6;1-2/h1-2,4H,3,5H2;1-2H3. The van der Waals surface area contributed by atoms with Crippen LogP contribution in [0.25, 0.3) is 0 Å². The highest BCUT2D eigenvalue weighted by Crippen LogP contribution is 2.10. The second-order valence-corrected chi connectivity index (χ2v) is 1.88. The Morgan fingerprint density at radius 3 is 2.45 bits per heavy atom. The van der Waals surface area contributed by atoms with E-state index in [1.54, 1.807) is 12.2 Å². The zero-order valence-corrected chi connectivity index (χ0v) is 6.91. The number of nitro groups is 1. The van der Waals surface area contributed by atoms with E-state index < -0.39 is 0 Å². The Hall–Kier alpha value is -1.12. The summed E-state index contributed by atoms with van der Waals surface area (Å²) < 4.78 is 0. The fourth-order valence-electron chi connectivity index (χ4n) is 0.742. The molecule has 0 fully saturated rings. The predicted octanol–water partition coefficient (Wildman–Crippen LogP) is 2.52. The van der Waals surface area contributed by atoms with Crippen molar-refractivity contribution in [2.45, 2.75) is 26.7 Å². The van der Waals surface area contributed by atoms with Crippen LogP contribution in [-0.2, 0) is 0 Å². The maximum Gasteiger partial charge on any atom is 0.246 e. The van der Waals surface area contributed by atoms with Crippen molar-refractivity contribution in [1.82, 2.24) is 0 Å². The first-order valence-electron chi connectivity index (χ1n) is 3.81. The third-order valence-corrected chi connectivity index (χ3v) is 1.23. The minimum absolute atomic E-state index is 0.317. The van der Waals surface area contributed by atoms with E-state index in [9.17, 15) is 10.1 Å². The average Bonchev–Trinajstić information content (AvgIpc) is 2.10. The molecule has 0 saturated heterocycles. The van der Waals surface area contributed by atoms with Gasteiger partial charge in [0.1, 0.15) is 0 Å². The van der Waals surface area contributed by atoms with Gasteiger partial charge in [0, 0.05) is 12.5 Å². The summed E-state index contributed by atoms with van der Waals surface area (Å²) in [6.07, 6.45) is 6.56. The second-order valence-electron chi connectivity index (χ2n) is 1.88. The number of allylic oxidation sites excluding steroid dienone is 4. The molecule has 1 aliphatic rings. The molecule has 0 aromatic carbocycles. The minimum Gasteiger partial charge on any atom is -0.259 e. The highest BCUT2D eigenvalue weighted by molar-refractivity contribution is 5.11. The van der Waals surface area contributed by atoms with Crippen LogP contribution in [-0.4, -0.2) is 4.92 Å². The van der Waals surface area contributed by atoms with Crippen molar-refractivity contribution in [3.8, 4) is 0 Å². The first kappa shape index (κ1) is 9.88. The summed E-state index contributed by atoms with van der Waals surface area (Å²) in [5.74, 6) is 0. The number of nitrogens with zero attached hydrogens (tertiary/aromatic N) is 1. The summed E-state index contributed by atoms with van der Waals surface area (Å²) in [6, 6.07) is 0. The summed E-state index contributed by atoms with van der Waals surface area (Å²) in [5, 5.41) is 10.1. The van der Waals surface area contributed by atoms with Crippen LogP contribution in [0.15, 0.2) is 23.9 Å². The van der Waals surface area contributed by atoms with Gasteiger partial charge in [-0.3, -0.25) is 10.1 Å². The van der Waals surface area contributed by atoms with Gasteiger partial charge in [-0.15, -0.1) is 0 Å². The molecule has 1 aliphatic carbocycles. The van der Waals surface area contributed by atoms with Crippen molar-refractivity contribution in [2.75, 3.05) is 0 Å². The highest BCUT2D eigenvalue weighted by atomic mass is 16.6. The first-order chi connectivity index (χ1) is 5.30. The minimum atomic E-state index is -0.330. The Morgan fingerprint density at radius 2 is 2.18 bits per heavy atom. The summed E-state index contributed by atoms with van der Waals surface area (Å²) in [6.45, 7) is 4.00. The lowest BCUT2D eigenvalue weighted by molar-refractivity contribution is -0.428. The molecular formula is C8H13NO2. The van der Waals surface area contributed by atoms with Crippen LogP contribution in [0.2, 0.25) is 0 Å². The fourth-order valence-corrected chi connectivity index (χ4v) is 0.742. The number of hydrogen-bond donors (Lipinski definition) is 0. The normalized spacial score (nSPS) is 14.5. The van der Waals surface area contributed by atoms with Crippen molar-refractivity contribution in [3.63, 3.8) is 0 Å². The summed E-state index contributed by atoms with van der Waals surface area (Å²) in [4.78, 5) is 9.73. The molecule has 0 amide bonds. The average molecular weight is 155 g/mol. The topological polar surface area (TPSA) is 43.1 Å². The maximum absolute atomic E-state index is 10.1. The van der Waals surface area contributed by atoms with Crippen LogP contribution >= 0.6 is 0 Å². The van der Waals surface area contributed by atoms with E-state index in [1.807, 2.05) is 19.9 Å². The van der Waals surface area contributed by atoms with Crippen LogP contribution in [0.1, 0.15) is 26.7 Å². The zero-order chi connectivity index (χ0) is 8.69. The molecule has 0 heterocycles. The Morgan fingerprint density at radius 1 is 1.55 bits per heavy atom. The predicted molar refractivity (Wildman–Crippen MR) is 44.8 cm³/mol. The fraction of sp³-hybridized carbons (Fsp3) is 0.500. The Labute approximate surface area is 66.6 Å². The van der Waals surface area contributed by atoms with Crippen LogP contribution < -0.4 is 0 Å². The molecule has 1 rings (SSSR count). The molecule has 0 saturated carbocycles. The molecule has 3 nitrogen and oxygen atoms in total. The number of rotatable bonds is 1. The van der Waals surface area contributed by atoms with Gasteiger partial charge in [-0.2, -0.15) is 0 Å². The van der Waals surface area contributed by atoms with Crippen molar-refractivity contribution in [2.24, 2.45) is 0 Å². The van der Waals surface area contributed by atoms with Crippen LogP contribution in [0.5, 0.6) is 0 Å². The van der Waals surface area contributed by atoms with Gasteiger partial charge in [0.2, 0.25) is 5.70 Å². The first-order valence-corrected chi connectivity index (χ1v) is 3.81. The van der Waals surface area contributed by atoms with E-state index in [2.05, 4.69) is 0 Å². The summed E-state index contributed by atoms with van der Waals surface area (Å²) in [7, 11) is 0. The van der Waals surface area contributed by atoms with E-state index in [1.165, 1.54) is 0 Å². The second kappa shape index (κ2) is 5.65. The van der Waals surface area contributed by atoms with Crippen LogP contribution in [0.3, 0.4) is 0 Å². The van der Waals surface area contributed by atoms with Gasteiger partial charge in [-0.1, -0.05) is 26.0 Å². The van der Waals surface area contributed by atoms with Gasteiger partial charge >= 0.3 is 0 Å². The Balaban J connectivity index is 0.000000461. The Bertz CT molecular complexity index is 183. The zero-order valence-electron chi connectivity index (χ0n) is 6.91. The molecule has 0 atom stereocenters. The monoisotopic (exact) mass is 155 g/mol. The SMILES string of the molecule is CC.O=[N+]([O-])C1=CC=CCC1. The molecule has 11 heavy (non-hydrogen) atoms. The lowest BCUT2D eigenvalue weighted by Gasteiger charge is -1.97. The van der Waals surface area contributed by atoms with Gasteiger partial charge in [-0.25, -0.2) is 0 Å². The van der Waals surface area contributed by atoms with E-state index >= 15 is 0 Å². The third-order valence-electron chi connectivity index (χ3n) is 1.23. The molecule has 62 valence electrons. The molecule has 0 spiro atoms. The molecule has 0 radical (unpaired) electrons. The van der Waals surface area contributed by atoms with Gasteiger partial charge in [0.15, 0.2) is 0 Å². The van der Waals surface area contributed by atoms with Crippen molar-refractivity contribution >= 4 is 0 Å². The smallest absolute Gasteiger partial charge is 0.246 e. The van der Waals surface area contributed by atoms with Gasteiger partial charge in [0.05, 0.1) is 4.92 Å². The molecule has 0 aliphatic heterocycles. The molecular weight excluding hydrogens is 142 g/mol. The van der Waals surface area contributed by atoms with Gasteiger partial charge in [0.25, 0.3) is 0 Å². The summed E-state index contributed by atoms with van der Waals surface area (Å²) in [5.41, 5.74) is 0.317. The molecule has 0 aromatic heterocycles. The van der Waals surface area contributed by atoms with Gasteiger partial charge < -0.3 is 0 Å². The molecule has 3 heteroatoms. The molecule has 0 unspecified atom stereocenters. The van der Waals surface area contributed by atoms with Crippen LogP contribution in [0, 0.1) is 10.1 Å². The summed E-state index contributed by atoms with van der Waals surface area (Å²) >= 11 is 0. The lowest BCUT2D eigenvalue weighted by Crippen LogP contribution is -1.99. The molecule has 0 N–H and O–H groups in total. The van der Waals surface area contributed by atoms with Crippen molar-refractivity contribution in [3.05, 3.63) is 34.0 Å². The van der Waals surface area contributed by atoms with E-state index in [-0.39, 0.29) is 4.92 Å². The van der Waals surface area contributed by atoms with E-state index in [0.29, 0.717) is 12.1 Å². The van der Waals surface area contributed by atoms with Crippen LogP contribution in [0.4, 0.5) is 0 Å². The van der Waals surface area contributed by atoms with E-state index in [4.69, 9.17) is 0 Å². The third kappa shape index (κ3) is 3.55. The van der Waals surface area contributed by atoms with Crippen molar-refractivity contribution < 1.29 is 4.92 Å². The largest absolute Gasteiger partial charge is 0.259 e. The Kier molecular flexibility index (Phi) is 5.07. The number of hydrogen-bond acceptors (Lipinski definition) is 2. The molecule has 0 bridgehead atoms. The van der Waals surface area contributed by atoms with Gasteiger partial charge in [-0.05, 0) is 6.42 Å². The van der Waals surface area contributed by atoms with E-state index in [0.717, 1.165) is 6.42 Å². The quantitative estimate of drug-likeness (QED) is 0.431. The lowest BCUT2D eigenvalue weighted by atomic mass is 10.1. The highest BCUT2D eigenvalue weighted by Gasteiger charge is 2.09. The maximum atomic E-state index is 10.1.